The molecule has 0 saturated carbocycles. The summed E-state index contributed by atoms with van der Waals surface area (Å²) in [6.45, 7) is 2.03. The molecule has 4 N–H and O–H groups in total. The molecule has 0 aliphatic heterocycles. The molecule has 0 spiro atoms. The second kappa shape index (κ2) is 7.90. The quantitative estimate of drug-likeness (QED) is 0.440. The van der Waals surface area contributed by atoms with Gasteiger partial charge in [-0.3, -0.25) is 0 Å². The van der Waals surface area contributed by atoms with Crippen LogP contribution < -0.4 is 5.14 Å². The lowest BCUT2D eigenvalue weighted by molar-refractivity contribution is 0.475. The van der Waals surface area contributed by atoms with E-state index in [0.29, 0.717) is 12.1 Å². The molecule has 0 atom stereocenters. The van der Waals surface area contributed by atoms with Gasteiger partial charge in [-0.2, -0.15) is 5.10 Å². The maximum Gasteiger partial charge on any atom is 0.238 e. The number of phenolic OH excluding ortho intramolecular Hbond substituents is 2. The van der Waals surface area contributed by atoms with Gasteiger partial charge in [-0.1, -0.05) is 6.92 Å². The zero-order valence-corrected chi connectivity index (χ0v) is 17.5. The highest BCUT2D eigenvalue weighted by molar-refractivity contribution is 7.89. The van der Waals surface area contributed by atoms with Crippen LogP contribution in [-0.2, 0) is 16.4 Å². The van der Waals surface area contributed by atoms with Gasteiger partial charge in [0.2, 0.25) is 10.0 Å². The van der Waals surface area contributed by atoms with Gasteiger partial charge >= 0.3 is 0 Å². The summed E-state index contributed by atoms with van der Waals surface area (Å²) in [6, 6.07) is 19.8. The minimum Gasteiger partial charge on any atom is -0.508 e. The number of hydrogen-bond acceptors (Lipinski definition) is 5. The average Bonchev–Trinajstić information content (AvgIpc) is 3.14. The highest BCUT2D eigenvalue weighted by Crippen LogP contribution is 2.36. The highest BCUT2D eigenvalue weighted by atomic mass is 32.2. The molecule has 0 aliphatic carbocycles. The summed E-state index contributed by atoms with van der Waals surface area (Å²) in [4.78, 5) is 0.0177. The van der Waals surface area contributed by atoms with Crippen molar-refractivity contribution >= 4 is 10.0 Å². The molecule has 7 nitrogen and oxygen atoms in total. The summed E-state index contributed by atoms with van der Waals surface area (Å²) in [5.74, 6) is 0.322. The first-order valence-electron chi connectivity index (χ1n) is 9.62. The zero-order valence-electron chi connectivity index (χ0n) is 16.7. The first kappa shape index (κ1) is 20.6. The Balaban J connectivity index is 1.96. The molecule has 0 saturated heterocycles. The molecule has 0 radical (unpaired) electrons. The number of rotatable bonds is 5. The van der Waals surface area contributed by atoms with Gasteiger partial charge < -0.3 is 10.2 Å². The smallest absolute Gasteiger partial charge is 0.238 e. The molecule has 8 heteroatoms. The molecule has 158 valence electrons. The third-order valence-corrected chi connectivity index (χ3v) is 5.96. The van der Waals surface area contributed by atoms with Crippen LogP contribution in [0, 0.1) is 0 Å². The lowest BCUT2D eigenvalue weighted by Gasteiger charge is -2.10. The maximum absolute atomic E-state index is 11.6. The summed E-state index contributed by atoms with van der Waals surface area (Å²) < 4.78 is 25.0. The Morgan fingerprint density at radius 2 is 1.35 bits per heavy atom. The molecule has 31 heavy (non-hydrogen) atoms. The monoisotopic (exact) mass is 435 g/mol. The van der Waals surface area contributed by atoms with Crippen LogP contribution in [0.2, 0.25) is 0 Å². The lowest BCUT2D eigenvalue weighted by Crippen LogP contribution is -2.12. The van der Waals surface area contributed by atoms with E-state index in [9.17, 15) is 18.6 Å². The van der Waals surface area contributed by atoms with E-state index < -0.39 is 10.0 Å². The lowest BCUT2D eigenvalue weighted by atomic mass is 9.99. The van der Waals surface area contributed by atoms with E-state index in [1.807, 2.05) is 6.92 Å². The highest BCUT2D eigenvalue weighted by Gasteiger charge is 2.21. The van der Waals surface area contributed by atoms with Gasteiger partial charge in [0, 0.05) is 16.7 Å². The maximum atomic E-state index is 11.6. The van der Waals surface area contributed by atoms with Crippen molar-refractivity contribution in [3.05, 3.63) is 78.4 Å². The first-order valence-corrected chi connectivity index (χ1v) is 11.2. The molecule has 0 aliphatic rings. The summed E-state index contributed by atoms with van der Waals surface area (Å²) in [5, 5.41) is 29.4. The number of aromatic hydroxyl groups is 2. The minimum atomic E-state index is -3.80. The van der Waals surface area contributed by atoms with Gasteiger partial charge in [0.25, 0.3) is 0 Å². The Hall–Kier alpha value is -3.62. The summed E-state index contributed by atoms with van der Waals surface area (Å²) >= 11 is 0. The van der Waals surface area contributed by atoms with Crippen LogP contribution in [-0.4, -0.2) is 28.4 Å². The number of benzene rings is 3. The van der Waals surface area contributed by atoms with Crippen LogP contribution in [0.5, 0.6) is 11.5 Å². The van der Waals surface area contributed by atoms with Crippen LogP contribution >= 0.6 is 0 Å². The number of nitrogens with zero attached hydrogens (tertiary/aromatic N) is 2. The number of sulfonamides is 1. The van der Waals surface area contributed by atoms with E-state index in [-0.39, 0.29) is 16.4 Å². The van der Waals surface area contributed by atoms with Crippen LogP contribution in [0.25, 0.3) is 28.2 Å². The fourth-order valence-electron chi connectivity index (χ4n) is 3.52. The molecular weight excluding hydrogens is 414 g/mol. The van der Waals surface area contributed by atoms with Gasteiger partial charge in [-0.25, -0.2) is 18.2 Å². The normalized spacial score (nSPS) is 11.5. The van der Waals surface area contributed by atoms with E-state index in [2.05, 4.69) is 0 Å². The van der Waals surface area contributed by atoms with Crippen molar-refractivity contribution in [3.8, 4) is 39.7 Å². The number of aromatic nitrogens is 2. The predicted octanol–water partition coefficient (Wildman–Crippen LogP) is 3.83. The van der Waals surface area contributed by atoms with Crippen molar-refractivity contribution in [2.45, 2.75) is 18.2 Å². The molecule has 4 rings (SSSR count). The standard InChI is InChI=1S/C23H21N3O4S/c1-2-21-22(15-3-9-18(27)10-4-15)25-26(23(21)16-5-11-19(28)12-6-16)17-7-13-20(14-8-17)31(24,29)30/h3-14,27-28H,2H2,1H3,(H2,24,29,30). The van der Waals surface area contributed by atoms with Crippen LogP contribution in [0.1, 0.15) is 12.5 Å². The second-order valence-corrected chi connectivity index (χ2v) is 8.64. The predicted molar refractivity (Wildman–Crippen MR) is 119 cm³/mol. The van der Waals surface area contributed by atoms with E-state index in [4.69, 9.17) is 10.2 Å². The number of hydrogen-bond donors (Lipinski definition) is 3. The minimum absolute atomic E-state index is 0.0177. The van der Waals surface area contributed by atoms with Crippen LogP contribution in [0.3, 0.4) is 0 Å². The average molecular weight is 436 g/mol. The molecule has 0 fully saturated rings. The van der Waals surface area contributed by atoms with Crippen LogP contribution in [0.4, 0.5) is 0 Å². The fourth-order valence-corrected chi connectivity index (χ4v) is 4.03. The fraction of sp³-hybridized carbons (Fsp3) is 0.0870. The van der Waals surface area contributed by atoms with E-state index in [0.717, 1.165) is 28.1 Å². The molecule has 1 aromatic heterocycles. The zero-order chi connectivity index (χ0) is 22.2. The van der Waals surface area contributed by atoms with Crippen molar-refractivity contribution in [2.75, 3.05) is 0 Å². The van der Waals surface area contributed by atoms with Crippen molar-refractivity contribution < 1.29 is 18.6 Å². The van der Waals surface area contributed by atoms with Crippen LogP contribution in [0.15, 0.2) is 77.7 Å². The SMILES string of the molecule is CCc1c(-c2ccc(O)cc2)nn(-c2ccc(S(N)(=O)=O)cc2)c1-c1ccc(O)cc1. The van der Waals surface area contributed by atoms with Gasteiger partial charge in [0.15, 0.2) is 0 Å². The largest absolute Gasteiger partial charge is 0.508 e. The molecule has 0 bridgehead atoms. The molecule has 0 amide bonds. The van der Waals surface area contributed by atoms with Gasteiger partial charge in [-0.15, -0.1) is 0 Å². The Labute approximate surface area is 180 Å². The third-order valence-electron chi connectivity index (χ3n) is 5.03. The van der Waals surface area contributed by atoms with Crippen molar-refractivity contribution in [2.24, 2.45) is 5.14 Å². The van der Waals surface area contributed by atoms with Crippen molar-refractivity contribution in [3.63, 3.8) is 0 Å². The summed E-state index contributed by atoms with van der Waals surface area (Å²) in [5.41, 5.74) is 4.91. The van der Waals surface area contributed by atoms with Crippen molar-refractivity contribution in [1.82, 2.24) is 9.78 Å². The summed E-state index contributed by atoms with van der Waals surface area (Å²) in [7, 11) is -3.80. The number of phenols is 2. The molecule has 0 unspecified atom stereocenters. The number of nitrogens with two attached hydrogens (primary N) is 1. The Bertz CT molecular complexity index is 1330. The topological polar surface area (TPSA) is 118 Å². The Morgan fingerprint density at radius 3 is 1.84 bits per heavy atom. The van der Waals surface area contributed by atoms with Gasteiger partial charge in [0.05, 0.1) is 22.0 Å². The second-order valence-electron chi connectivity index (χ2n) is 7.07. The molecular formula is C23H21N3O4S. The van der Waals surface area contributed by atoms with Gasteiger partial charge in [-0.05, 0) is 79.2 Å². The van der Waals surface area contributed by atoms with Gasteiger partial charge in [0.1, 0.15) is 11.5 Å². The third kappa shape index (κ3) is 4.03. The molecule has 4 aromatic rings. The molecule has 3 aromatic carbocycles. The van der Waals surface area contributed by atoms with E-state index in [1.54, 1.807) is 65.3 Å². The Morgan fingerprint density at radius 1 is 0.839 bits per heavy atom. The van der Waals surface area contributed by atoms with E-state index >= 15 is 0 Å². The van der Waals surface area contributed by atoms with E-state index in [1.165, 1.54) is 12.1 Å². The molecule has 1 heterocycles. The first-order chi connectivity index (χ1) is 14.8. The summed E-state index contributed by atoms with van der Waals surface area (Å²) in [6.07, 6.45) is 0.682. The van der Waals surface area contributed by atoms with Crippen molar-refractivity contribution in [1.29, 1.82) is 0 Å². The Kier molecular flexibility index (Phi) is 5.26. The number of primary sulfonamides is 1.